The molecule has 19 heavy (non-hydrogen) atoms. The van der Waals surface area contributed by atoms with Crippen molar-refractivity contribution >= 4 is 21.9 Å². The molecule has 2 fully saturated rings. The van der Waals surface area contributed by atoms with Gasteiger partial charge in [0.15, 0.2) is 15.1 Å². The molecule has 1 N–H and O–H groups in total. The van der Waals surface area contributed by atoms with Crippen molar-refractivity contribution in [2.75, 3.05) is 19.7 Å². The van der Waals surface area contributed by atoms with E-state index in [1.807, 2.05) is 0 Å². The van der Waals surface area contributed by atoms with E-state index < -0.39 is 32.4 Å². The number of hydrogen-bond donors (Lipinski definition) is 1. The quantitative estimate of drug-likeness (QED) is 0.727. The number of aliphatic carboxylic acids is 1. The van der Waals surface area contributed by atoms with Gasteiger partial charge in [-0.3, -0.25) is 4.79 Å². The highest BCUT2D eigenvalue weighted by Gasteiger charge is 2.55. The van der Waals surface area contributed by atoms with Crippen LogP contribution in [0.15, 0.2) is 12.7 Å². The minimum atomic E-state index is -3.72. The summed E-state index contributed by atoms with van der Waals surface area (Å²) in [6, 6.07) is 0. The van der Waals surface area contributed by atoms with Crippen molar-refractivity contribution in [3.05, 3.63) is 12.7 Å². The van der Waals surface area contributed by atoms with Crippen molar-refractivity contribution in [3.8, 4) is 0 Å². The van der Waals surface area contributed by atoms with Crippen molar-refractivity contribution in [1.29, 1.82) is 0 Å². The van der Waals surface area contributed by atoms with Crippen LogP contribution in [0, 0.1) is 5.92 Å². The van der Waals surface area contributed by atoms with Gasteiger partial charge in [-0.1, -0.05) is 12.7 Å². The van der Waals surface area contributed by atoms with Gasteiger partial charge in [-0.05, 0) is 12.3 Å². The second-order valence-corrected chi connectivity index (χ2v) is 7.07. The van der Waals surface area contributed by atoms with Crippen LogP contribution in [0.5, 0.6) is 0 Å². The van der Waals surface area contributed by atoms with Crippen LogP contribution in [0.4, 0.5) is 4.79 Å². The molecule has 0 aromatic rings. The van der Waals surface area contributed by atoms with Gasteiger partial charge in [0.25, 0.3) is 0 Å². The van der Waals surface area contributed by atoms with Gasteiger partial charge in [0.1, 0.15) is 6.61 Å². The van der Waals surface area contributed by atoms with Crippen LogP contribution in [0.1, 0.15) is 6.42 Å². The smallest absolute Gasteiger partial charge is 0.410 e. The van der Waals surface area contributed by atoms with Gasteiger partial charge in [-0.15, -0.1) is 0 Å². The van der Waals surface area contributed by atoms with E-state index in [2.05, 4.69) is 6.58 Å². The van der Waals surface area contributed by atoms with Gasteiger partial charge in [-0.25, -0.2) is 13.2 Å². The molecule has 0 spiro atoms. The number of hydrogen-bond acceptors (Lipinski definition) is 5. The van der Waals surface area contributed by atoms with Crippen LogP contribution in [0.2, 0.25) is 0 Å². The van der Waals surface area contributed by atoms with E-state index in [0.717, 1.165) is 0 Å². The molecule has 0 aromatic heterocycles. The Hall–Kier alpha value is -1.57. The monoisotopic (exact) mass is 289 g/mol. The molecule has 106 valence electrons. The molecule has 0 saturated carbocycles. The maximum Gasteiger partial charge on any atom is 0.410 e. The first-order chi connectivity index (χ1) is 8.87. The molecule has 3 atom stereocenters. The Bertz CT molecular complexity index is 513. The van der Waals surface area contributed by atoms with Gasteiger partial charge in [0.2, 0.25) is 0 Å². The SMILES string of the molecule is C=CCOC(=O)N1C[C@H]2CC(C(=O)O)S(=O)(=O)[C@H]2C1. The zero-order chi connectivity index (χ0) is 14.2. The summed E-state index contributed by atoms with van der Waals surface area (Å²) in [5.41, 5.74) is 0. The van der Waals surface area contributed by atoms with Crippen LogP contribution < -0.4 is 0 Å². The highest BCUT2D eigenvalue weighted by molar-refractivity contribution is 7.93. The van der Waals surface area contributed by atoms with E-state index in [4.69, 9.17) is 9.84 Å². The highest BCUT2D eigenvalue weighted by atomic mass is 32.2. The van der Waals surface area contributed by atoms with Gasteiger partial charge in [-0.2, -0.15) is 0 Å². The highest BCUT2D eigenvalue weighted by Crippen LogP contribution is 2.38. The summed E-state index contributed by atoms with van der Waals surface area (Å²) < 4.78 is 28.9. The van der Waals surface area contributed by atoms with Gasteiger partial charge < -0.3 is 14.7 Å². The second kappa shape index (κ2) is 4.84. The number of carbonyl (C=O) groups is 2. The molecular weight excluding hydrogens is 274 g/mol. The molecule has 1 unspecified atom stereocenters. The third-order valence-corrected chi connectivity index (χ3v) is 6.14. The van der Waals surface area contributed by atoms with Crippen LogP contribution in [0.3, 0.4) is 0 Å². The lowest BCUT2D eigenvalue weighted by molar-refractivity contribution is -0.136. The standard InChI is InChI=1S/C11H15NO6S/c1-2-3-18-11(15)12-5-7-4-8(10(13)14)19(16,17)9(7)6-12/h2,7-9H,1,3-6H2,(H,13,14)/t7-,8?,9+/m1/s1. The first-order valence-electron chi connectivity index (χ1n) is 5.86. The Morgan fingerprint density at radius 2 is 2.11 bits per heavy atom. The average Bonchev–Trinajstić information content (AvgIpc) is 2.85. The van der Waals surface area contributed by atoms with Crippen molar-refractivity contribution in [2.45, 2.75) is 16.9 Å². The topological polar surface area (TPSA) is 101 Å². The van der Waals surface area contributed by atoms with E-state index in [0.29, 0.717) is 0 Å². The van der Waals surface area contributed by atoms with Crippen LogP contribution in [0.25, 0.3) is 0 Å². The lowest BCUT2D eigenvalue weighted by Crippen LogP contribution is -2.36. The fourth-order valence-corrected chi connectivity index (χ4v) is 5.01. The fraction of sp³-hybridized carbons (Fsp3) is 0.636. The molecule has 0 aliphatic carbocycles. The summed E-state index contributed by atoms with van der Waals surface area (Å²) in [6.45, 7) is 3.71. The Morgan fingerprint density at radius 1 is 1.42 bits per heavy atom. The molecular formula is C11H15NO6S. The minimum absolute atomic E-state index is 0.00670. The molecule has 0 aromatic carbocycles. The summed E-state index contributed by atoms with van der Waals surface area (Å²) in [4.78, 5) is 23.8. The first kappa shape index (κ1) is 13.9. The molecule has 2 aliphatic rings. The van der Waals surface area contributed by atoms with Crippen LogP contribution in [-0.2, 0) is 19.4 Å². The largest absolute Gasteiger partial charge is 0.480 e. The lowest BCUT2D eigenvalue weighted by Gasteiger charge is -2.17. The number of amides is 1. The number of carboxylic acid groups (broad SMARTS) is 1. The predicted octanol–water partition coefficient (Wildman–Crippen LogP) is -0.119. The maximum absolute atomic E-state index is 12.0. The average molecular weight is 289 g/mol. The lowest BCUT2D eigenvalue weighted by atomic mass is 10.0. The Labute approximate surface area is 110 Å². The van der Waals surface area contributed by atoms with Gasteiger partial charge >= 0.3 is 12.1 Å². The van der Waals surface area contributed by atoms with E-state index in [-0.39, 0.29) is 32.0 Å². The molecule has 2 heterocycles. The van der Waals surface area contributed by atoms with Crippen LogP contribution >= 0.6 is 0 Å². The summed E-state index contributed by atoms with van der Waals surface area (Å²) in [5, 5.41) is 6.77. The molecule has 2 rings (SSSR count). The molecule has 1 amide bonds. The second-order valence-electron chi connectivity index (χ2n) is 4.72. The Kier molecular flexibility index (Phi) is 3.53. The van der Waals surface area contributed by atoms with Gasteiger partial charge in [0.05, 0.1) is 5.25 Å². The number of nitrogens with zero attached hydrogens (tertiary/aromatic N) is 1. The number of carbonyl (C=O) groups excluding carboxylic acids is 1. The number of rotatable bonds is 3. The van der Waals surface area contributed by atoms with Crippen LogP contribution in [-0.4, -0.2) is 60.7 Å². The van der Waals surface area contributed by atoms with E-state index >= 15 is 0 Å². The zero-order valence-corrected chi connectivity index (χ0v) is 11.0. The fourth-order valence-electron chi connectivity index (χ4n) is 2.67. The number of carboxylic acids is 1. The molecule has 7 nitrogen and oxygen atoms in total. The number of fused-ring (bicyclic) bond motifs is 1. The van der Waals surface area contributed by atoms with Crippen molar-refractivity contribution < 1.29 is 27.9 Å². The molecule has 8 heteroatoms. The summed E-state index contributed by atoms with van der Waals surface area (Å²) >= 11 is 0. The predicted molar refractivity (Wildman–Crippen MR) is 65.4 cm³/mol. The molecule has 0 radical (unpaired) electrons. The normalized spacial score (nSPS) is 31.8. The third-order valence-electron chi connectivity index (χ3n) is 3.57. The minimum Gasteiger partial charge on any atom is -0.480 e. The molecule has 2 aliphatic heterocycles. The van der Waals surface area contributed by atoms with Crippen molar-refractivity contribution in [3.63, 3.8) is 0 Å². The zero-order valence-electron chi connectivity index (χ0n) is 10.2. The van der Waals surface area contributed by atoms with Gasteiger partial charge in [0, 0.05) is 13.1 Å². The Balaban J connectivity index is 2.07. The number of sulfone groups is 1. The third kappa shape index (κ3) is 2.32. The van der Waals surface area contributed by atoms with E-state index in [9.17, 15) is 18.0 Å². The van der Waals surface area contributed by atoms with Crippen molar-refractivity contribution in [1.82, 2.24) is 4.90 Å². The number of ether oxygens (including phenoxy) is 1. The molecule has 0 bridgehead atoms. The maximum atomic E-state index is 12.0. The summed E-state index contributed by atoms with van der Waals surface area (Å²) in [5.74, 6) is -1.63. The van der Waals surface area contributed by atoms with E-state index in [1.54, 1.807) is 0 Å². The Morgan fingerprint density at radius 3 is 2.63 bits per heavy atom. The summed E-state index contributed by atoms with van der Waals surface area (Å²) in [7, 11) is -3.72. The first-order valence-corrected chi connectivity index (χ1v) is 7.47. The van der Waals surface area contributed by atoms with E-state index in [1.165, 1.54) is 11.0 Å². The molecule has 2 saturated heterocycles. The number of likely N-dealkylation sites (tertiary alicyclic amines) is 1. The van der Waals surface area contributed by atoms with Crippen molar-refractivity contribution in [2.24, 2.45) is 5.92 Å². The summed E-state index contributed by atoms with van der Waals surface area (Å²) in [6.07, 6.45) is 0.899.